The maximum absolute atomic E-state index is 11.4. The lowest BCUT2D eigenvalue weighted by molar-refractivity contribution is -0.121. The van der Waals surface area contributed by atoms with Crippen LogP contribution in [0.1, 0.15) is 26.7 Å². The van der Waals surface area contributed by atoms with Crippen LogP contribution in [-0.4, -0.2) is 44.5 Å². The summed E-state index contributed by atoms with van der Waals surface area (Å²) in [7, 11) is -1.89. The minimum Gasteiger partial charge on any atom is -0.353 e. The third kappa shape index (κ3) is 6.46. The Hall–Kier alpha value is -0.620. The smallest absolute Gasteiger partial charge is 0.235 e. The summed E-state index contributed by atoms with van der Waals surface area (Å²) in [5.41, 5.74) is 0. The third-order valence-electron chi connectivity index (χ3n) is 2.06. The summed E-state index contributed by atoms with van der Waals surface area (Å²) in [6, 6.07) is 0.0930. The summed E-state index contributed by atoms with van der Waals surface area (Å²) in [5, 5.41) is 2.74. The molecule has 1 amide bonds. The molecule has 0 bridgehead atoms. The van der Waals surface area contributed by atoms with Crippen molar-refractivity contribution >= 4 is 15.9 Å². The molecule has 90 valence electrons. The van der Waals surface area contributed by atoms with Crippen LogP contribution in [0.25, 0.3) is 0 Å². The summed E-state index contributed by atoms with van der Waals surface area (Å²) in [6.07, 6.45) is 2.97. The fourth-order valence-electron chi connectivity index (χ4n) is 1.15. The van der Waals surface area contributed by atoms with Crippen molar-refractivity contribution in [1.82, 2.24) is 9.62 Å². The van der Waals surface area contributed by atoms with Gasteiger partial charge in [0.15, 0.2) is 0 Å². The zero-order chi connectivity index (χ0) is 12.1. The van der Waals surface area contributed by atoms with Gasteiger partial charge in [-0.05, 0) is 13.3 Å². The van der Waals surface area contributed by atoms with E-state index in [1.165, 1.54) is 7.05 Å². The standard InChI is InChI=1S/C9H20N2O3S/c1-5-6-8(2)10-9(12)7-11(3)15(4,13)14/h8H,5-7H2,1-4H3,(H,10,12)/t8-/m1/s1. The number of carbonyl (C=O) groups excluding carboxylic acids is 1. The lowest BCUT2D eigenvalue weighted by Crippen LogP contribution is -2.41. The normalized spacial score (nSPS) is 13.9. The monoisotopic (exact) mass is 236 g/mol. The molecular weight excluding hydrogens is 216 g/mol. The zero-order valence-corrected chi connectivity index (χ0v) is 10.6. The van der Waals surface area contributed by atoms with Crippen LogP contribution in [0, 0.1) is 0 Å². The lowest BCUT2D eigenvalue weighted by atomic mass is 10.2. The van der Waals surface area contributed by atoms with Crippen molar-refractivity contribution < 1.29 is 13.2 Å². The van der Waals surface area contributed by atoms with Crippen LogP contribution in [0.15, 0.2) is 0 Å². The van der Waals surface area contributed by atoms with Crippen molar-refractivity contribution in [2.24, 2.45) is 0 Å². The van der Waals surface area contributed by atoms with Crippen LogP contribution in [0.5, 0.6) is 0 Å². The van der Waals surface area contributed by atoms with E-state index in [1.807, 2.05) is 13.8 Å². The molecule has 0 aliphatic carbocycles. The number of nitrogens with zero attached hydrogens (tertiary/aromatic N) is 1. The Bertz CT molecular complexity index is 300. The molecule has 0 aliphatic heterocycles. The second kappa shape index (κ2) is 6.07. The molecule has 1 atom stereocenters. The van der Waals surface area contributed by atoms with Gasteiger partial charge in [0.1, 0.15) is 0 Å². The first-order valence-corrected chi connectivity index (χ1v) is 6.82. The van der Waals surface area contributed by atoms with E-state index in [1.54, 1.807) is 0 Å². The van der Waals surface area contributed by atoms with Gasteiger partial charge >= 0.3 is 0 Å². The van der Waals surface area contributed by atoms with Crippen LogP contribution >= 0.6 is 0 Å². The van der Waals surface area contributed by atoms with Crippen molar-refractivity contribution in [2.75, 3.05) is 19.8 Å². The molecule has 0 heterocycles. The van der Waals surface area contributed by atoms with Gasteiger partial charge in [-0.2, -0.15) is 4.31 Å². The van der Waals surface area contributed by atoms with Gasteiger partial charge in [-0.15, -0.1) is 0 Å². The Morgan fingerprint density at radius 1 is 1.47 bits per heavy atom. The predicted octanol–water partition coefficient (Wildman–Crippen LogP) is 0.183. The van der Waals surface area contributed by atoms with E-state index in [2.05, 4.69) is 5.32 Å². The minimum atomic E-state index is -3.27. The highest BCUT2D eigenvalue weighted by Gasteiger charge is 2.15. The van der Waals surface area contributed by atoms with Crippen LogP contribution in [0.2, 0.25) is 0 Å². The molecule has 6 heteroatoms. The van der Waals surface area contributed by atoms with Crippen LogP contribution in [-0.2, 0) is 14.8 Å². The predicted molar refractivity (Wildman–Crippen MR) is 60.0 cm³/mol. The average Bonchev–Trinajstić information content (AvgIpc) is 2.01. The topological polar surface area (TPSA) is 66.5 Å². The molecule has 5 nitrogen and oxygen atoms in total. The molecule has 0 fully saturated rings. The fourth-order valence-corrected chi connectivity index (χ4v) is 1.50. The third-order valence-corrected chi connectivity index (χ3v) is 3.32. The number of rotatable bonds is 6. The van der Waals surface area contributed by atoms with E-state index in [4.69, 9.17) is 0 Å². The highest BCUT2D eigenvalue weighted by molar-refractivity contribution is 7.88. The Labute approximate surface area is 91.9 Å². The summed E-state index contributed by atoms with van der Waals surface area (Å²) in [6.45, 7) is 3.82. The number of hydrogen-bond donors (Lipinski definition) is 1. The first kappa shape index (κ1) is 14.4. The van der Waals surface area contributed by atoms with E-state index in [0.717, 1.165) is 23.4 Å². The van der Waals surface area contributed by atoms with Crippen LogP contribution in [0.3, 0.4) is 0 Å². The summed E-state index contributed by atoms with van der Waals surface area (Å²) in [5.74, 6) is -0.260. The maximum atomic E-state index is 11.4. The molecule has 15 heavy (non-hydrogen) atoms. The fraction of sp³-hybridized carbons (Fsp3) is 0.889. The summed E-state index contributed by atoms with van der Waals surface area (Å²) >= 11 is 0. The molecule has 0 spiro atoms. The molecular formula is C9H20N2O3S. The number of likely N-dealkylation sites (N-methyl/N-ethyl adjacent to an activating group) is 1. The van der Waals surface area contributed by atoms with Gasteiger partial charge in [-0.25, -0.2) is 8.42 Å². The number of amides is 1. The van der Waals surface area contributed by atoms with Gasteiger partial charge in [-0.3, -0.25) is 4.79 Å². The first-order valence-electron chi connectivity index (χ1n) is 4.98. The van der Waals surface area contributed by atoms with Crippen LogP contribution in [0.4, 0.5) is 0 Å². The molecule has 0 aromatic heterocycles. The molecule has 0 unspecified atom stereocenters. The summed E-state index contributed by atoms with van der Waals surface area (Å²) in [4.78, 5) is 11.4. The van der Waals surface area contributed by atoms with Gasteiger partial charge < -0.3 is 5.32 Å². The number of hydrogen-bond acceptors (Lipinski definition) is 3. The molecule has 1 N–H and O–H groups in total. The van der Waals surface area contributed by atoms with E-state index in [9.17, 15) is 13.2 Å². The van der Waals surface area contributed by atoms with Gasteiger partial charge in [0.2, 0.25) is 15.9 Å². The van der Waals surface area contributed by atoms with Gasteiger partial charge in [0.05, 0.1) is 12.8 Å². The Morgan fingerprint density at radius 2 is 2.00 bits per heavy atom. The van der Waals surface area contributed by atoms with Gasteiger partial charge in [-0.1, -0.05) is 13.3 Å². The second-order valence-corrected chi connectivity index (χ2v) is 5.87. The number of nitrogens with one attached hydrogen (secondary N) is 1. The minimum absolute atomic E-state index is 0.0930. The van der Waals surface area contributed by atoms with Gasteiger partial charge in [0, 0.05) is 13.1 Å². The maximum Gasteiger partial charge on any atom is 0.235 e. The SMILES string of the molecule is CCC[C@@H](C)NC(=O)CN(C)S(C)(=O)=O. The molecule has 0 aromatic carbocycles. The molecule has 0 aliphatic rings. The molecule has 0 radical (unpaired) electrons. The van der Waals surface area contributed by atoms with E-state index in [-0.39, 0.29) is 18.5 Å². The first-order chi connectivity index (χ1) is 6.77. The number of carbonyl (C=O) groups is 1. The van der Waals surface area contributed by atoms with Gasteiger partial charge in [0.25, 0.3) is 0 Å². The average molecular weight is 236 g/mol. The van der Waals surface area contributed by atoms with Crippen molar-refractivity contribution in [3.8, 4) is 0 Å². The van der Waals surface area contributed by atoms with E-state index < -0.39 is 10.0 Å². The summed E-state index contributed by atoms with van der Waals surface area (Å²) < 4.78 is 23.1. The van der Waals surface area contributed by atoms with Crippen molar-refractivity contribution in [3.05, 3.63) is 0 Å². The Kier molecular flexibility index (Phi) is 5.82. The highest BCUT2D eigenvalue weighted by atomic mass is 32.2. The second-order valence-electron chi connectivity index (χ2n) is 3.78. The van der Waals surface area contributed by atoms with E-state index in [0.29, 0.717) is 0 Å². The largest absolute Gasteiger partial charge is 0.353 e. The molecule has 0 saturated carbocycles. The van der Waals surface area contributed by atoms with E-state index >= 15 is 0 Å². The van der Waals surface area contributed by atoms with Crippen molar-refractivity contribution in [3.63, 3.8) is 0 Å². The Balaban J connectivity index is 4.05. The van der Waals surface area contributed by atoms with Crippen LogP contribution < -0.4 is 5.32 Å². The zero-order valence-electron chi connectivity index (χ0n) is 9.78. The highest BCUT2D eigenvalue weighted by Crippen LogP contribution is 1.96. The Morgan fingerprint density at radius 3 is 2.40 bits per heavy atom. The van der Waals surface area contributed by atoms with Crippen molar-refractivity contribution in [2.45, 2.75) is 32.7 Å². The quantitative estimate of drug-likeness (QED) is 0.715. The van der Waals surface area contributed by atoms with Crippen molar-refractivity contribution in [1.29, 1.82) is 0 Å². The molecule has 0 aromatic rings. The molecule has 0 saturated heterocycles. The lowest BCUT2D eigenvalue weighted by Gasteiger charge is -2.16. The molecule has 0 rings (SSSR count). The number of sulfonamides is 1.